The lowest BCUT2D eigenvalue weighted by atomic mass is 10.1. The number of fused-ring (bicyclic) bond motifs is 1. The lowest BCUT2D eigenvalue weighted by Crippen LogP contribution is -2.13. The third-order valence-corrected chi connectivity index (χ3v) is 3.56. The Morgan fingerprint density at radius 2 is 2.17 bits per heavy atom. The van der Waals surface area contributed by atoms with Gasteiger partial charge in [0.25, 0.3) is 0 Å². The van der Waals surface area contributed by atoms with Crippen LogP contribution in [0.5, 0.6) is 0 Å². The Balaban J connectivity index is 1.61. The fraction of sp³-hybridized carbons (Fsp3) is 0.500. The van der Waals surface area contributed by atoms with Crippen LogP contribution in [0.4, 0.5) is 0 Å². The van der Waals surface area contributed by atoms with E-state index in [2.05, 4.69) is 15.5 Å². The van der Waals surface area contributed by atoms with Crippen molar-refractivity contribution in [2.45, 2.75) is 45.2 Å². The third-order valence-electron chi connectivity index (χ3n) is 3.56. The summed E-state index contributed by atoms with van der Waals surface area (Å²) in [7, 11) is 0. The van der Waals surface area contributed by atoms with Gasteiger partial charge in [-0.25, -0.2) is 0 Å². The topological polar surface area (TPSA) is 53.9 Å². The highest BCUT2D eigenvalue weighted by Crippen LogP contribution is 2.21. The molecule has 0 saturated heterocycles. The molecule has 96 valence electrons. The molecule has 2 heterocycles. The number of aromatic amines is 1. The van der Waals surface area contributed by atoms with E-state index in [1.54, 1.807) is 6.26 Å². The second-order valence-corrected chi connectivity index (χ2v) is 4.87. The Labute approximate surface area is 107 Å². The highest BCUT2D eigenvalue weighted by molar-refractivity contribution is 5.26. The quantitative estimate of drug-likeness (QED) is 0.814. The number of nitrogens with zero attached hydrogens (tertiary/aromatic N) is 1. The molecule has 3 rings (SSSR count). The van der Waals surface area contributed by atoms with Crippen LogP contribution in [0, 0.1) is 0 Å². The Hall–Kier alpha value is -1.55. The smallest absolute Gasteiger partial charge is 0.117 e. The number of hydrogen-bond donors (Lipinski definition) is 2. The van der Waals surface area contributed by atoms with Gasteiger partial charge < -0.3 is 9.73 Å². The maximum Gasteiger partial charge on any atom is 0.117 e. The van der Waals surface area contributed by atoms with Gasteiger partial charge in [0.15, 0.2) is 0 Å². The number of hydrogen-bond acceptors (Lipinski definition) is 3. The molecular weight excluding hydrogens is 226 g/mol. The monoisotopic (exact) mass is 245 g/mol. The van der Waals surface area contributed by atoms with Gasteiger partial charge in [0.2, 0.25) is 0 Å². The van der Waals surface area contributed by atoms with Gasteiger partial charge in [-0.3, -0.25) is 5.10 Å². The zero-order valence-electron chi connectivity index (χ0n) is 10.5. The molecule has 4 heteroatoms. The lowest BCUT2D eigenvalue weighted by molar-refractivity contribution is 0.481. The summed E-state index contributed by atoms with van der Waals surface area (Å²) in [6, 6.07) is 3.90. The second kappa shape index (κ2) is 5.40. The molecule has 0 spiro atoms. The molecule has 4 nitrogen and oxygen atoms in total. The molecule has 0 radical (unpaired) electrons. The fourth-order valence-electron chi connectivity index (χ4n) is 2.59. The predicted octanol–water partition coefficient (Wildman–Crippen LogP) is 2.56. The van der Waals surface area contributed by atoms with E-state index in [-0.39, 0.29) is 0 Å². The van der Waals surface area contributed by atoms with Gasteiger partial charge in [-0.15, -0.1) is 0 Å². The number of furan rings is 1. The SMILES string of the molecule is c1coc(CNCc2n[nH]c3c2CCCCC3)c1. The Morgan fingerprint density at radius 1 is 1.22 bits per heavy atom. The van der Waals surface area contributed by atoms with Crippen molar-refractivity contribution in [2.75, 3.05) is 0 Å². The number of aromatic nitrogens is 2. The Bertz CT molecular complexity index is 487. The van der Waals surface area contributed by atoms with Gasteiger partial charge in [-0.1, -0.05) is 6.42 Å². The summed E-state index contributed by atoms with van der Waals surface area (Å²) in [6.45, 7) is 1.57. The molecule has 0 aliphatic heterocycles. The molecule has 0 amide bonds. The number of H-pyrrole nitrogens is 1. The average Bonchev–Trinajstić information content (AvgIpc) is 2.96. The van der Waals surface area contributed by atoms with Crippen LogP contribution in [0.15, 0.2) is 22.8 Å². The summed E-state index contributed by atoms with van der Waals surface area (Å²) < 4.78 is 5.29. The Kier molecular flexibility index (Phi) is 3.46. The van der Waals surface area contributed by atoms with Crippen molar-refractivity contribution < 1.29 is 4.42 Å². The van der Waals surface area contributed by atoms with Crippen LogP contribution in [0.3, 0.4) is 0 Å². The number of nitrogens with one attached hydrogen (secondary N) is 2. The van der Waals surface area contributed by atoms with Crippen LogP contribution in [-0.4, -0.2) is 10.2 Å². The maximum absolute atomic E-state index is 5.29. The van der Waals surface area contributed by atoms with Crippen molar-refractivity contribution in [1.29, 1.82) is 0 Å². The summed E-state index contributed by atoms with van der Waals surface area (Å²) >= 11 is 0. The zero-order chi connectivity index (χ0) is 12.2. The minimum absolute atomic E-state index is 0.759. The first-order chi connectivity index (χ1) is 8.93. The highest BCUT2D eigenvalue weighted by Gasteiger charge is 2.15. The largest absolute Gasteiger partial charge is 0.468 e. The molecular formula is C14H19N3O. The number of rotatable bonds is 4. The van der Waals surface area contributed by atoms with Crippen LogP contribution < -0.4 is 5.32 Å². The molecule has 18 heavy (non-hydrogen) atoms. The zero-order valence-corrected chi connectivity index (χ0v) is 10.5. The fourth-order valence-corrected chi connectivity index (χ4v) is 2.59. The molecule has 1 aliphatic carbocycles. The molecule has 2 N–H and O–H groups in total. The lowest BCUT2D eigenvalue weighted by Gasteiger charge is -2.03. The van der Waals surface area contributed by atoms with Crippen molar-refractivity contribution in [1.82, 2.24) is 15.5 Å². The van der Waals surface area contributed by atoms with Crippen molar-refractivity contribution >= 4 is 0 Å². The normalized spacial score (nSPS) is 15.3. The van der Waals surface area contributed by atoms with E-state index < -0.39 is 0 Å². The third kappa shape index (κ3) is 2.48. The molecule has 1 aliphatic rings. The van der Waals surface area contributed by atoms with Crippen LogP contribution in [-0.2, 0) is 25.9 Å². The van der Waals surface area contributed by atoms with Gasteiger partial charge in [0, 0.05) is 12.2 Å². The maximum atomic E-state index is 5.29. The summed E-state index contributed by atoms with van der Waals surface area (Å²) in [5, 5.41) is 11.0. The molecule has 0 saturated carbocycles. The minimum Gasteiger partial charge on any atom is -0.468 e. The van der Waals surface area contributed by atoms with Crippen molar-refractivity contribution in [3.05, 3.63) is 41.1 Å². The van der Waals surface area contributed by atoms with Gasteiger partial charge in [0.05, 0.1) is 18.5 Å². The molecule has 0 unspecified atom stereocenters. The number of aryl methyl sites for hydroxylation is 1. The van der Waals surface area contributed by atoms with Crippen LogP contribution in [0.2, 0.25) is 0 Å². The predicted molar refractivity (Wildman–Crippen MR) is 69.1 cm³/mol. The molecule has 0 atom stereocenters. The first-order valence-corrected chi connectivity index (χ1v) is 6.71. The Morgan fingerprint density at radius 3 is 3.06 bits per heavy atom. The summed E-state index contributed by atoms with van der Waals surface area (Å²) in [5.74, 6) is 0.969. The van der Waals surface area contributed by atoms with Crippen LogP contribution in [0.1, 0.15) is 42.0 Å². The molecule has 2 aromatic rings. The van der Waals surface area contributed by atoms with E-state index in [1.807, 2.05) is 12.1 Å². The van der Waals surface area contributed by atoms with E-state index in [1.165, 1.54) is 42.6 Å². The first-order valence-electron chi connectivity index (χ1n) is 6.71. The highest BCUT2D eigenvalue weighted by atomic mass is 16.3. The van der Waals surface area contributed by atoms with E-state index in [9.17, 15) is 0 Å². The van der Waals surface area contributed by atoms with Gasteiger partial charge in [-0.2, -0.15) is 5.10 Å². The molecule has 0 aromatic carbocycles. The van der Waals surface area contributed by atoms with Gasteiger partial charge in [0.1, 0.15) is 5.76 Å². The van der Waals surface area contributed by atoms with Crippen LogP contribution in [0.25, 0.3) is 0 Å². The van der Waals surface area contributed by atoms with Gasteiger partial charge in [-0.05, 0) is 43.4 Å². The van der Waals surface area contributed by atoms with E-state index in [0.29, 0.717) is 0 Å². The van der Waals surface area contributed by atoms with Crippen molar-refractivity contribution in [2.24, 2.45) is 0 Å². The molecule has 0 fully saturated rings. The van der Waals surface area contributed by atoms with Crippen molar-refractivity contribution in [3.8, 4) is 0 Å². The van der Waals surface area contributed by atoms with Crippen LogP contribution >= 0.6 is 0 Å². The molecule has 0 bridgehead atoms. The van der Waals surface area contributed by atoms with E-state index in [4.69, 9.17) is 4.42 Å². The van der Waals surface area contributed by atoms with Gasteiger partial charge >= 0.3 is 0 Å². The summed E-state index contributed by atoms with van der Waals surface area (Å²) in [6.07, 6.45) is 7.94. The minimum atomic E-state index is 0.759. The molecule has 2 aromatic heterocycles. The standard InChI is InChI=1S/C14H19N3O/c1-2-6-12-13(7-3-1)16-17-14(12)10-15-9-11-5-4-8-18-11/h4-5,8,15H,1-3,6-7,9-10H2,(H,16,17). The second-order valence-electron chi connectivity index (χ2n) is 4.87. The van der Waals surface area contributed by atoms with E-state index >= 15 is 0 Å². The summed E-state index contributed by atoms with van der Waals surface area (Å²) in [5.41, 5.74) is 3.97. The van der Waals surface area contributed by atoms with E-state index in [0.717, 1.165) is 25.3 Å². The average molecular weight is 245 g/mol. The summed E-state index contributed by atoms with van der Waals surface area (Å²) in [4.78, 5) is 0. The first kappa shape index (κ1) is 11.5. The van der Waals surface area contributed by atoms with Crippen molar-refractivity contribution in [3.63, 3.8) is 0 Å².